The fraction of sp³-hybridized carbons (Fsp3) is 0.650. The zero-order chi connectivity index (χ0) is 18.9. The maximum Gasteiger partial charge on any atom is 0.272 e. The lowest BCUT2D eigenvalue weighted by Gasteiger charge is -2.38. The molecule has 1 aliphatic carbocycles. The molecule has 0 unspecified atom stereocenters. The van der Waals surface area contributed by atoms with Crippen LogP contribution in [0.3, 0.4) is 0 Å². The average molecular weight is 392 g/mol. The Balaban J connectivity index is 1.32. The first-order valence-corrected chi connectivity index (χ1v) is 10.3. The van der Waals surface area contributed by atoms with Gasteiger partial charge in [-0.3, -0.25) is 9.59 Å². The number of nitrogens with one attached hydrogen (secondary N) is 1. The Morgan fingerprint density at radius 3 is 2.93 bits per heavy atom. The number of carbonyl (C=O) groups is 2. The molecule has 27 heavy (non-hydrogen) atoms. The van der Waals surface area contributed by atoms with Crippen LogP contribution in [-0.2, 0) is 9.53 Å². The molecule has 1 N–H and O–H groups in total. The molecule has 0 radical (unpaired) electrons. The van der Waals surface area contributed by atoms with Crippen molar-refractivity contribution in [2.75, 3.05) is 19.6 Å². The molecule has 1 saturated carbocycles. The van der Waals surface area contributed by atoms with Crippen LogP contribution in [0.4, 0.5) is 0 Å². The summed E-state index contributed by atoms with van der Waals surface area (Å²) < 4.78 is 6.39. The molecule has 4 rings (SSSR count). The fourth-order valence-corrected chi connectivity index (χ4v) is 4.32. The minimum absolute atomic E-state index is 0.0289. The standard InChI is InChI=1S/C20H26ClN3O3/c21-17-5-1-4-16(23-17)19(26)24-10-9-20(13-24)8-2-3-15(27-20)12-22-18(25)11-14-6-7-14/h1,4-5,14-15H,2-3,6-13H2,(H,22,25)/t15-,20-/m1/s1. The molecule has 2 saturated heterocycles. The number of carbonyl (C=O) groups excluding carboxylic acids is 2. The number of amides is 2. The summed E-state index contributed by atoms with van der Waals surface area (Å²) >= 11 is 5.91. The first-order valence-electron chi connectivity index (χ1n) is 9.89. The van der Waals surface area contributed by atoms with Crippen molar-refractivity contribution in [2.24, 2.45) is 5.92 Å². The average Bonchev–Trinajstić information content (AvgIpc) is 3.39. The van der Waals surface area contributed by atoms with Crippen molar-refractivity contribution in [1.29, 1.82) is 0 Å². The minimum atomic E-state index is -0.293. The van der Waals surface area contributed by atoms with E-state index in [2.05, 4.69) is 10.3 Å². The number of pyridine rings is 1. The molecule has 0 aromatic carbocycles. The van der Waals surface area contributed by atoms with Gasteiger partial charge in [0.05, 0.1) is 18.2 Å². The third-order valence-corrected chi connectivity index (χ3v) is 6.02. The van der Waals surface area contributed by atoms with Gasteiger partial charge in [0.2, 0.25) is 5.91 Å². The lowest BCUT2D eigenvalue weighted by Crippen LogP contribution is -2.47. The molecule has 1 spiro atoms. The van der Waals surface area contributed by atoms with Crippen LogP contribution in [0.2, 0.25) is 5.15 Å². The fourth-order valence-electron chi connectivity index (χ4n) is 4.16. The number of hydrogen-bond donors (Lipinski definition) is 1. The quantitative estimate of drug-likeness (QED) is 0.783. The number of nitrogens with zero attached hydrogens (tertiary/aromatic N) is 2. The maximum atomic E-state index is 12.7. The monoisotopic (exact) mass is 391 g/mol. The van der Waals surface area contributed by atoms with Gasteiger partial charge >= 0.3 is 0 Å². The van der Waals surface area contributed by atoms with Crippen molar-refractivity contribution in [3.05, 3.63) is 29.0 Å². The van der Waals surface area contributed by atoms with E-state index < -0.39 is 0 Å². The molecule has 3 fully saturated rings. The molecule has 7 heteroatoms. The summed E-state index contributed by atoms with van der Waals surface area (Å²) in [7, 11) is 0. The molecule has 3 heterocycles. The number of likely N-dealkylation sites (tertiary alicyclic amines) is 1. The highest BCUT2D eigenvalue weighted by Crippen LogP contribution is 2.37. The molecule has 2 aliphatic heterocycles. The van der Waals surface area contributed by atoms with Gasteiger partial charge in [0.1, 0.15) is 10.8 Å². The van der Waals surface area contributed by atoms with Crippen molar-refractivity contribution in [3.8, 4) is 0 Å². The zero-order valence-electron chi connectivity index (χ0n) is 15.5. The lowest BCUT2D eigenvalue weighted by molar-refractivity contribution is -0.130. The van der Waals surface area contributed by atoms with E-state index >= 15 is 0 Å². The van der Waals surface area contributed by atoms with Gasteiger partial charge in [-0.1, -0.05) is 17.7 Å². The summed E-state index contributed by atoms with van der Waals surface area (Å²) in [5.74, 6) is 0.631. The molecule has 2 amide bonds. The first-order chi connectivity index (χ1) is 13.0. The Bertz CT molecular complexity index is 724. The Morgan fingerprint density at radius 2 is 2.15 bits per heavy atom. The molecule has 1 aromatic rings. The molecule has 3 aliphatic rings. The minimum Gasteiger partial charge on any atom is -0.368 e. The predicted octanol–water partition coefficient (Wildman–Crippen LogP) is 2.81. The van der Waals surface area contributed by atoms with E-state index in [0.29, 0.717) is 42.8 Å². The molecule has 6 nitrogen and oxygen atoms in total. The molecule has 2 atom stereocenters. The van der Waals surface area contributed by atoms with Gasteiger partial charge in [0.15, 0.2) is 0 Å². The summed E-state index contributed by atoms with van der Waals surface area (Å²) in [6.45, 7) is 1.80. The molecular weight excluding hydrogens is 366 g/mol. The third kappa shape index (κ3) is 4.61. The summed E-state index contributed by atoms with van der Waals surface area (Å²) in [4.78, 5) is 30.6. The second-order valence-corrected chi connectivity index (χ2v) is 8.48. The molecule has 146 valence electrons. The Morgan fingerprint density at radius 1 is 1.30 bits per heavy atom. The number of ether oxygens (including phenoxy) is 1. The second-order valence-electron chi connectivity index (χ2n) is 8.09. The Hall–Kier alpha value is -1.66. The lowest BCUT2D eigenvalue weighted by atomic mass is 9.90. The second kappa shape index (κ2) is 7.76. The Kier molecular flexibility index (Phi) is 5.37. The van der Waals surface area contributed by atoms with Gasteiger partial charge in [0.25, 0.3) is 5.91 Å². The van der Waals surface area contributed by atoms with E-state index in [-0.39, 0.29) is 23.5 Å². The van der Waals surface area contributed by atoms with E-state index in [1.807, 2.05) is 4.90 Å². The zero-order valence-corrected chi connectivity index (χ0v) is 16.2. The van der Waals surface area contributed by atoms with Crippen LogP contribution in [0, 0.1) is 5.92 Å². The predicted molar refractivity (Wildman–Crippen MR) is 102 cm³/mol. The number of rotatable bonds is 5. The van der Waals surface area contributed by atoms with Gasteiger partial charge in [0, 0.05) is 19.5 Å². The summed E-state index contributed by atoms with van der Waals surface area (Å²) in [5, 5.41) is 3.35. The van der Waals surface area contributed by atoms with Gasteiger partial charge in [-0.05, 0) is 56.6 Å². The van der Waals surface area contributed by atoms with Crippen LogP contribution >= 0.6 is 11.6 Å². The van der Waals surface area contributed by atoms with Crippen molar-refractivity contribution >= 4 is 23.4 Å². The van der Waals surface area contributed by atoms with Crippen molar-refractivity contribution in [2.45, 2.75) is 56.7 Å². The number of halogens is 1. The number of aromatic nitrogens is 1. The summed E-state index contributed by atoms with van der Waals surface area (Å²) in [6.07, 6.45) is 6.82. The van der Waals surface area contributed by atoms with Gasteiger partial charge < -0.3 is 15.0 Å². The van der Waals surface area contributed by atoms with Crippen molar-refractivity contribution in [3.63, 3.8) is 0 Å². The number of hydrogen-bond acceptors (Lipinski definition) is 4. The van der Waals surface area contributed by atoms with E-state index in [0.717, 1.165) is 25.7 Å². The van der Waals surface area contributed by atoms with Crippen LogP contribution in [-0.4, -0.2) is 53.0 Å². The van der Waals surface area contributed by atoms with E-state index in [1.54, 1.807) is 18.2 Å². The smallest absolute Gasteiger partial charge is 0.272 e. The SMILES string of the molecule is O=C(CC1CC1)NC[C@H]1CCC[C@]2(CCN(C(=O)c3cccc(Cl)n3)C2)O1. The molecule has 0 bridgehead atoms. The van der Waals surface area contributed by atoms with E-state index in [4.69, 9.17) is 16.3 Å². The highest BCUT2D eigenvalue weighted by Gasteiger charge is 2.44. The van der Waals surface area contributed by atoms with Crippen LogP contribution in [0.15, 0.2) is 18.2 Å². The molecular formula is C20H26ClN3O3. The van der Waals surface area contributed by atoms with E-state index in [9.17, 15) is 9.59 Å². The topological polar surface area (TPSA) is 71.5 Å². The van der Waals surface area contributed by atoms with E-state index in [1.165, 1.54) is 12.8 Å². The van der Waals surface area contributed by atoms with Crippen molar-refractivity contribution in [1.82, 2.24) is 15.2 Å². The highest BCUT2D eigenvalue weighted by molar-refractivity contribution is 6.29. The Labute approximate surface area is 164 Å². The van der Waals surface area contributed by atoms with Crippen LogP contribution < -0.4 is 5.32 Å². The van der Waals surface area contributed by atoms with Crippen LogP contribution in [0.5, 0.6) is 0 Å². The molecule has 1 aromatic heterocycles. The van der Waals surface area contributed by atoms with Crippen LogP contribution in [0.25, 0.3) is 0 Å². The first kappa shape index (κ1) is 18.7. The van der Waals surface area contributed by atoms with Crippen molar-refractivity contribution < 1.29 is 14.3 Å². The largest absolute Gasteiger partial charge is 0.368 e. The van der Waals surface area contributed by atoms with Gasteiger partial charge in [-0.15, -0.1) is 0 Å². The van der Waals surface area contributed by atoms with Crippen LogP contribution in [0.1, 0.15) is 55.4 Å². The maximum absolute atomic E-state index is 12.7. The summed E-state index contributed by atoms with van der Waals surface area (Å²) in [5.41, 5.74) is 0.0810. The highest BCUT2D eigenvalue weighted by atomic mass is 35.5. The van der Waals surface area contributed by atoms with Gasteiger partial charge in [-0.2, -0.15) is 0 Å². The normalized spacial score (nSPS) is 27.7. The third-order valence-electron chi connectivity index (χ3n) is 5.81. The summed E-state index contributed by atoms with van der Waals surface area (Å²) in [6, 6.07) is 5.10. The van der Waals surface area contributed by atoms with Gasteiger partial charge in [-0.25, -0.2) is 4.98 Å².